The Morgan fingerprint density at radius 1 is 1.00 bits per heavy atom. The van der Waals surface area contributed by atoms with Crippen LogP contribution in [0, 0.1) is 0 Å². The first-order valence-electron chi connectivity index (χ1n) is 6.43. The van der Waals surface area contributed by atoms with Gasteiger partial charge >= 0.3 is 0 Å². The molecule has 2 heteroatoms. The fourth-order valence-electron chi connectivity index (χ4n) is 3.38. The van der Waals surface area contributed by atoms with Gasteiger partial charge in [0.15, 0.2) is 0 Å². The molecule has 1 aliphatic carbocycles. The highest BCUT2D eigenvalue weighted by molar-refractivity contribution is 6.30. The molecule has 0 amide bonds. The minimum Gasteiger partial charge on any atom is -0.309 e. The molecule has 90 valence electrons. The highest BCUT2D eigenvalue weighted by Gasteiger charge is 2.33. The van der Waals surface area contributed by atoms with Gasteiger partial charge < -0.3 is 5.32 Å². The first kappa shape index (κ1) is 10.6. The molecule has 0 aromatic heterocycles. The largest absolute Gasteiger partial charge is 0.309 e. The average molecular weight is 256 g/mol. The van der Waals surface area contributed by atoms with Crippen molar-refractivity contribution in [3.05, 3.63) is 69.7 Å². The fraction of sp³-hybridized carbons (Fsp3) is 0.250. The van der Waals surface area contributed by atoms with Crippen molar-refractivity contribution < 1.29 is 0 Å². The summed E-state index contributed by atoms with van der Waals surface area (Å²) in [6.45, 7) is 1.02. The van der Waals surface area contributed by atoms with Crippen LogP contribution in [0.2, 0.25) is 5.02 Å². The predicted molar refractivity (Wildman–Crippen MR) is 74.2 cm³/mol. The Hall–Kier alpha value is -1.31. The van der Waals surface area contributed by atoms with Crippen molar-refractivity contribution in [1.82, 2.24) is 5.32 Å². The second kappa shape index (κ2) is 3.84. The van der Waals surface area contributed by atoms with Gasteiger partial charge in [-0.05, 0) is 40.8 Å². The van der Waals surface area contributed by atoms with E-state index in [1.165, 1.54) is 22.3 Å². The van der Waals surface area contributed by atoms with Gasteiger partial charge in [-0.25, -0.2) is 0 Å². The Morgan fingerprint density at radius 2 is 1.83 bits per heavy atom. The Morgan fingerprint density at radius 3 is 2.72 bits per heavy atom. The summed E-state index contributed by atoms with van der Waals surface area (Å²) in [5, 5.41) is 4.50. The van der Waals surface area contributed by atoms with Gasteiger partial charge in [-0.1, -0.05) is 41.9 Å². The monoisotopic (exact) mass is 255 g/mol. The molecule has 2 atom stereocenters. The quantitative estimate of drug-likeness (QED) is 0.757. The van der Waals surface area contributed by atoms with E-state index in [0.29, 0.717) is 12.0 Å². The molecule has 0 saturated carbocycles. The number of rotatable bonds is 0. The van der Waals surface area contributed by atoms with Crippen LogP contribution >= 0.6 is 11.6 Å². The Balaban J connectivity index is 1.99. The highest BCUT2D eigenvalue weighted by atomic mass is 35.5. The number of fused-ring (bicyclic) bond motifs is 1. The van der Waals surface area contributed by atoms with Gasteiger partial charge in [-0.15, -0.1) is 0 Å². The van der Waals surface area contributed by atoms with Crippen LogP contribution in [0.1, 0.15) is 34.2 Å². The zero-order chi connectivity index (χ0) is 12.1. The van der Waals surface area contributed by atoms with E-state index in [2.05, 4.69) is 41.7 Å². The first-order chi connectivity index (χ1) is 8.83. The van der Waals surface area contributed by atoms with Crippen LogP contribution in [0.4, 0.5) is 0 Å². The normalized spacial score (nSPS) is 24.3. The number of hydrogen-bond acceptors (Lipinski definition) is 1. The first-order valence-corrected chi connectivity index (χ1v) is 6.81. The van der Waals surface area contributed by atoms with Crippen molar-refractivity contribution in [1.29, 1.82) is 0 Å². The number of benzene rings is 2. The molecule has 2 unspecified atom stereocenters. The van der Waals surface area contributed by atoms with Gasteiger partial charge in [-0.3, -0.25) is 0 Å². The van der Waals surface area contributed by atoms with Crippen molar-refractivity contribution >= 4 is 11.6 Å². The highest BCUT2D eigenvalue weighted by Crippen LogP contribution is 2.42. The van der Waals surface area contributed by atoms with E-state index in [9.17, 15) is 0 Å². The topological polar surface area (TPSA) is 12.0 Å². The zero-order valence-corrected chi connectivity index (χ0v) is 10.7. The summed E-state index contributed by atoms with van der Waals surface area (Å²) >= 11 is 6.17. The number of hydrogen-bond donors (Lipinski definition) is 1. The van der Waals surface area contributed by atoms with Gasteiger partial charge in [-0.2, -0.15) is 0 Å². The van der Waals surface area contributed by atoms with Crippen LogP contribution in [0.15, 0.2) is 42.5 Å². The molecule has 0 fully saturated rings. The third-order valence-electron chi connectivity index (χ3n) is 4.22. The van der Waals surface area contributed by atoms with E-state index in [1.54, 1.807) is 0 Å². The molecule has 1 N–H and O–H groups in total. The summed E-state index contributed by atoms with van der Waals surface area (Å²) in [7, 11) is 0. The number of halogens is 1. The maximum atomic E-state index is 6.17. The Labute approximate surface area is 112 Å². The molecule has 0 spiro atoms. The second-order valence-corrected chi connectivity index (χ2v) is 5.63. The lowest BCUT2D eigenvalue weighted by molar-refractivity contribution is 0.500. The smallest absolute Gasteiger partial charge is 0.0409 e. The van der Waals surface area contributed by atoms with Crippen LogP contribution in [0.25, 0.3) is 0 Å². The molecule has 1 nitrogen and oxygen atoms in total. The average Bonchev–Trinajstić information content (AvgIpc) is 2.65. The van der Waals surface area contributed by atoms with E-state index in [4.69, 9.17) is 11.6 Å². The zero-order valence-electron chi connectivity index (χ0n) is 9.99. The van der Waals surface area contributed by atoms with Crippen molar-refractivity contribution in [3.63, 3.8) is 0 Å². The van der Waals surface area contributed by atoms with E-state index < -0.39 is 0 Å². The summed E-state index contributed by atoms with van der Waals surface area (Å²) in [5.74, 6) is 0.452. The molecule has 2 heterocycles. The molecule has 2 aromatic carbocycles. The van der Waals surface area contributed by atoms with Crippen LogP contribution in [0.3, 0.4) is 0 Å². The molecule has 2 aliphatic heterocycles. The third kappa shape index (κ3) is 1.44. The van der Waals surface area contributed by atoms with E-state index in [0.717, 1.165) is 18.0 Å². The third-order valence-corrected chi connectivity index (χ3v) is 4.46. The van der Waals surface area contributed by atoms with Crippen LogP contribution in [0.5, 0.6) is 0 Å². The van der Waals surface area contributed by atoms with E-state index in [-0.39, 0.29) is 0 Å². The summed E-state index contributed by atoms with van der Waals surface area (Å²) in [6.07, 6.45) is 1.07. The second-order valence-electron chi connectivity index (χ2n) is 5.19. The van der Waals surface area contributed by atoms with Gasteiger partial charge in [0, 0.05) is 23.5 Å². The van der Waals surface area contributed by atoms with Crippen molar-refractivity contribution in [3.8, 4) is 0 Å². The maximum Gasteiger partial charge on any atom is 0.0409 e. The Bertz CT molecular complexity index is 620. The fourth-order valence-corrected chi connectivity index (χ4v) is 3.56. The predicted octanol–water partition coefficient (Wildman–Crippen LogP) is 3.67. The Kier molecular flexibility index (Phi) is 2.26. The minimum absolute atomic E-state index is 0.452. The standard InChI is InChI=1S/C16H14ClN/c17-11-6-5-10-7-16-13-4-2-1-3-12(13)15(9-18-16)14(10)8-11/h1-6,8,15-16,18H,7,9H2. The molecule has 2 aromatic rings. The molecule has 3 aliphatic rings. The van der Waals surface area contributed by atoms with Crippen molar-refractivity contribution in [2.45, 2.75) is 18.4 Å². The lowest BCUT2D eigenvalue weighted by Gasteiger charge is -2.29. The molecule has 2 bridgehead atoms. The SMILES string of the molecule is Clc1ccc2c(c1)C1CNC(C2)c2ccccc21. The molecule has 0 saturated heterocycles. The lowest BCUT2D eigenvalue weighted by Crippen LogP contribution is -2.31. The van der Waals surface area contributed by atoms with Gasteiger partial charge in [0.1, 0.15) is 0 Å². The van der Waals surface area contributed by atoms with E-state index >= 15 is 0 Å². The summed E-state index contributed by atoms with van der Waals surface area (Å²) < 4.78 is 0. The summed E-state index contributed by atoms with van der Waals surface area (Å²) in [6, 6.07) is 15.6. The van der Waals surface area contributed by atoms with Crippen LogP contribution in [-0.2, 0) is 6.42 Å². The van der Waals surface area contributed by atoms with Gasteiger partial charge in [0.25, 0.3) is 0 Å². The lowest BCUT2D eigenvalue weighted by atomic mass is 9.85. The molecule has 0 radical (unpaired) electrons. The molecule has 5 rings (SSSR count). The van der Waals surface area contributed by atoms with Crippen molar-refractivity contribution in [2.75, 3.05) is 6.54 Å². The van der Waals surface area contributed by atoms with Crippen molar-refractivity contribution in [2.24, 2.45) is 0 Å². The number of nitrogens with one attached hydrogen (secondary N) is 1. The van der Waals surface area contributed by atoms with Gasteiger partial charge in [0.05, 0.1) is 0 Å². The van der Waals surface area contributed by atoms with Crippen LogP contribution < -0.4 is 5.32 Å². The minimum atomic E-state index is 0.452. The van der Waals surface area contributed by atoms with Gasteiger partial charge in [0.2, 0.25) is 0 Å². The maximum absolute atomic E-state index is 6.17. The van der Waals surface area contributed by atoms with E-state index in [1.807, 2.05) is 6.07 Å². The summed E-state index contributed by atoms with van der Waals surface area (Å²) in [4.78, 5) is 0. The summed E-state index contributed by atoms with van der Waals surface area (Å²) in [5.41, 5.74) is 5.78. The molecular formula is C16H14ClN. The molecule has 18 heavy (non-hydrogen) atoms. The van der Waals surface area contributed by atoms with Crippen LogP contribution in [-0.4, -0.2) is 6.54 Å². The molecular weight excluding hydrogens is 242 g/mol.